The lowest BCUT2D eigenvalue weighted by Crippen LogP contribution is -2.45. The largest absolute Gasteiger partial charge is 0.478 e. The fourth-order valence-corrected chi connectivity index (χ4v) is 5.35. The number of likely N-dealkylation sites (N-methyl/N-ethyl adjacent to an activating group) is 1. The summed E-state index contributed by atoms with van der Waals surface area (Å²) in [7, 11) is 1.99. The molecule has 2 aromatic heterocycles. The average Bonchev–Trinajstić information content (AvgIpc) is 3.49. The Labute approximate surface area is 212 Å². The number of likely N-dealkylation sites (tertiary alicyclic amines) is 1. The molecule has 4 heterocycles. The Bertz CT molecular complexity index is 1360. The fraction of sp³-hybridized carbons (Fsp3) is 0.385. The number of carbonyl (C=O) groups excluding carboxylic acids is 1. The topological polar surface area (TPSA) is 84.8 Å². The van der Waals surface area contributed by atoms with E-state index in [2.05, 4.69) is 9.88 Å². The molecule has 1 amide bonds. The number of hydrogen-bond donors (Lipinski definition) is 1. The number of hydrogen-bond acceptors (Lipinski definition) is 6. The zero-order valence-corrected chi connectivity index (χ0v) is 20.8. The van der Waals surface area contributed by atoms with E-state index in [1.807, 2.05) is 18.0 Å². The van der Waals surface area contributed by atoms with Gasteiger partial charge in [0.2, 0.25) is 11.7 Å². The number of halogens is 3. The highest BCUT2D eigenvalue weighted by atomic mass is 35.5. The van der Waals surface area contributed by atoms with Crippen LogP contribution in [0.5, 0.6) is 5.75 Å². The smallest absolute Gasteiger partial charge is 0.240 e. The number of nitrogen functional groups attached to an aromatic ring is 1. The van der Waals surface area contributed by atoms with Crippen LogP contribution in [0.3, 0.4) is 0 Å². The van der Waals surface area contributed by atoms with E-state index in [1.165, 1.54) is 0 Å². The van der Waals surface area contributed by atoms with Crippen LogP contribution >= 0.6 is 11.6 Å². The standard InChI is InChI=1S/C26H27ClF2N4O3/c1-14(21-18(28)5-6-19(29)22(21)27)36-24-23-16(12-31-25(24)30)17(13-35-23)15-7-10-33(11-8-15)26(34)20-4-3-9-32(20)2/h5-7,12-14,20H,3-4,8-11H2,1-2H3,(H2,30,31)/t14-,20+/m1/s1. The first-order chi connectivity index (χ1) is 17.3. The predicted octanol–water partition coefficient (Wildman–Crippen LogP) is 5.19. The zero-order chi connectivity index (χ0) is 25.6. The van der Waals surface area contributed by atoms with Gasteiger partial charge in [-0.2, -0.15) is 0 Å². The molecule has 2 aliphatic heterocycles. The second-order valence-electron chi connectivity index (χ2n) is 9.28. The Morgan fingerprint density at radius 2 is 2.08 bits per heavy atom. The summed E-state index contributed by atoms with van der Waals surface area (Å²) in [5, 5.41) is 0.329. The molecule has 0 radical (unpaired) electrons. The van der Waals surface area contributed by atoms with Crippen molar-refractivity contribution in [2.75, 3.05) is 32.4 Å². The van der Waals surface area contributed by atoms with Crippen LogP contribution < -0.4 is 10.5 Å². The molecule has 190 valence electrons. The van der Waals surface area contributed by atoms with Gasteiger partial charge in [-0.15, -0.1) is 0 Å². The van der Waals surface area contributed by atoms with Crippen molar-refractivity contribution in [1.82, 2.24) is 14.8 Å². The molecule has 0 unspecified atom stereocenters. The van der Waals surface area contributed by atoms with E-state index in [1.54, 1.807) is 19.4 Å². The second-order valence-corrected chi connectivity index (χ2v) is 9.66. The number of aromatic nitrogens is 1. The van der Waals surface area contributed by atoms with Crippen LogP contribution in [0, 0.1) is 11.6 Å². The van der Waals surface area contributed by atoms with Crippen LogP contribution in [0.2, 0.25) is 5.02 Å². The number of pyridine rings is 1. The number of furan rings is 1. The molecule has 1 fully saturated rings. The minimum absolute atomic E-state index is 0.0417. The molecule has 2 atom stereocenters. The van der Waals surface area contributed by atoms with E-state index in [-0.39, 0.29) is 34.1 Å². The van der Waals surface area contributed by atoms with E-state index >= 15 is 0 Å². The molecular weight excluding hydrogens is 490 g/mol. The average molecular weight is 517 g/mol. The van der Waals surface area contributed by atoms with Crippen LogP contribution in [0.1, 0.15) is 43.4 Å². The number of amides is 1. The van der Waals surface area contributed by atoms with Gasteiger partial charge in [0.1, 0.15) is 17.7 Å². The van der Waals surface area contributed by atoms with Crippen molar-refractivity contribution in [1.29, 1.82) is 0 Å². The number of carbonyl (C=O) groups is 1. The molecule has 1 saturated heterocycles. The van der Waals surface area contributed by atoms with Crippen LogP contribution in [-0.2, 0) is 4.79 Å². The molecule has 36 heavy (non-hydrogen) atoms. The number of benzene rings is 1. The number of fused-ring (bicyclic) bond motifs is 1. The number of anilines is 1. The first-order valence-electron chi connectivity index (χ1n) is 11.9. The highest BCUT2D eigenvalue weighted by Gasteiger charge is 2.32. The molecule has 7 nitrogen and oxygen atoms in total. The van der Waals surface area contributed by atoms with Gasteiger partial charge in [0.05, 0.1) is 22.7 Å². The van der Waals surface area contributed by atoms with Crippen molar-refractivity contribution in [3.63, 3.8) is 0 Å². The summed E-state index contributed by atoms with van der Waals surface area (Å²) >= 11 is 6.00. The number of nitrogens with two attached hydrogens (primary N) is 1. The van der Waals surface area contributed by atoms with Crippen LogP contribution in [0.15, 0.2) is 35.1 Å². The molecule has 3 aromatic rings. The van der Waals surface area contributed by atoms with E-state index < -0.39 is 17.7 Å². The summed E-state index contributed by atoms with van der Waals surface area (Å²) in [5.41, 5.74) is 8.16. The van der Waals surface area contributed by atoms with Gasteiger partial charge in [0.15, 0.2) is 11.4 Å². The number of ether oxygens (including phenoxy) is 1. The van der Waals surface area contributed by atoms with Gasteiger partial charge in [-0.3, -0.25) is 9.69 Å². The minimum Gasteiger partial charge on any atom is -0.478 e. The van der Waals surface area contributed by atoms with E-state index in [0.29, 0.717) is 30.5 Å². The molecule has 5 rings (SSSR count). The second kappa shape index (κ2) is 9.71. The van der Waals surface area contributed by atoms with Gasteiger partial charge in [0, 0.05) is 30.4 Å². The normalized spacial score (nSPS) is 19.5. The number of rotatable bonds is 5. The van der Waals surface area contributed by atoms with E-state index in [0.717, 1.165) is 42.7 Å². The van der Waals surface area contributed by atoms with Gasteiger partial charge in [-0.25, -0.2) is 13.8 Å². The SMILES string of the molecule is C[C@@H](Oc1c(N)ncc2c(C3=CCN(C(=O)[C@@H]4CCCN4C)CC3)coc12)c1c(F)ccc(F)c1Cl. The Hall–Kier alpha value is -3.17. The maximum absolute atomic E-state index is 14.4. The molecule has 1 aromatic carbocycles. The van der Waals surface area contributed by atoms with Crippen molar-refractivity contribution in [3.05, 3.63) is 58.5 Å². The molecule has 0 aliphatic carbocycles. The lowest BCUT2D eigenvalue weighted by Gasteiger charge is -2.30. The van der Waals surface area contributed by atoms with Gasteiger partial charge < -0.3 is 19.8 Å². The van der Waals surface area contributed by atoms with E-state index in [4.69, 9.17) is 26.5 Å². The van der Waals surface area contributed by atoms with Gasteiger partial charge in [0.25, 0.3) is 0 Å². The Balaban J connectivity index is 1.40. The molecule has 0 spiro atoms. The van der Waals surface area contributed by atoms with Gasteiger partial charge >= 0.3 is 0 Å². The first kappa shape index (κ1) is 24.5. The Kier molecular flexibility index (Phi) is 6.61. The van der Waals surface area contributed by atoms with Crippen LogP contribution in [-0.4, -0.2) is 53.4 Å². The van der Waals surface area contributed by atoms with Crippen LogP contribution in [0.25, 0.3) is 16.5 Å². The Morgan fingerprint density at radius 1 is 1.31 bits per heavy atom. The quantitative estimate of drug-likeness (QED) is 0.470. The Morgan fingerprint density at radius 3 is 2.78 bits per heavy atom. The summed E-state index contributed by atoms with van der Waals surface area (Å²) in [5.74, 6) is -1.08. The van der Waals surface area contributed by atoms with Gasteiger partial charge in [-0.1, -0.05) is 17.7 Å². The van der Waals surface area contributed by atoms with Crippen molar-refractivity contribution < 1.29 is 22.7 Å². The third kappa shape index (κ3) is 4.30. The minimum atomic E-state index is -0.960. The summed E-state index contributed by atoms with van der Waals surface area (Å²) in [6.45, 7) is 3.62. The van der Waals surface area contributed by atoms with Crippen molar-refractivity contribution in [3.8, 4) is 5.75 Å². The highest BCUT2D eigenvalue weighted by molar-refractivity contribution is 6.31. The van der Waals surface area contributed by atoms with Crippen molar-refractivity contribution in [2.24, 2.45) is 0 Å². The summed E-state index contributed by atoms with van der Waals surface area (Å²) in [4.78, 5) is 21.2. The van der Waals surface area contributed by atoms with Crippen molar-refractivity contribution in [2.45, 2.75) is 38.3 Å². The van der Waals surface area contributed by atoms with E-state index in [9.17, 15) is 13.6 Å². The lowest BCUT2D eigenvalue weighted by atomic mass is 9.99. The fourth-order valence-electron chi connectivity index (χ4n) is 5.04. The molecule has 0 bridgehead atoms. The maximum atomic E-state index is 14.4. The summed E-state index contributed by atoms with van der Waals surface area (Å²) in [6, 6.07) is 1.92. The predicted molar refractivity (Wildman–Crippen MR) is 134 cm³/mol. The third-order valence-electron chi connectivity index (χ3n) is 7.05. The molecule has 2 N–H and O–H groups in total. The molecule has 0 saturated carbocycles. The lowest BCUT2D eigenvalue weighted by molar-refractivity contribution is -0.135. The molecule has 10 heteroatoms. The summed E-state index contributed by atoms with van der Waals surface area (Å²) in [6.07, 6.45) is 6.88. The highest BCUT2D eigenvalue weighted by Crippen LogP contribution is 2.40. The van der Waals surface area contributed by atoms with Crippen LogP contribution in [0.4, 0.5) is 14.6 Å². The first-order valence-corrected chi connectivity index (χ1v) is 12.3. The van der Waals surface area contributed by atoms with Crippen molar-refractivity contribution >= 4 is 39.9 Å². The monoisotopic (exact) mass is 516 g/mol. The molecule has 2 aliphatic rings. The number of nitrogens with zero attached hydrogens (tertiary/aromatic N) is 3. The maximum Gasteiger partial charge on any atom is 0.240 e. The zero-order valence-electron chi connectivity index (χ0n) is 20.1. The molecular formula is C26H27ClF2N4O3. The summed E-state index contributed by atoms with van der Waals surface area (Å²) < 4.78 is 40.1. The third-order valence-corrected chi connectivity index (χ3v) is 7.44. The van der Waals surface area contributed by atoms with Gasteiger partial charge in [-0.05, 0) is 57.5 Å².